The van der Waals surface area contributed by atoms with E-state index in [0.717, 1.165) is 24.4 Å². The van der Waals surface area contributed by atoms with Crippen LogP contribution in [0.5, 0.6) is 0 Å². The number of carboxylic acid groups (broad SMARTS) is 1. The van der Waals surface area contributed by atoms with E-state index in [1.54, 1.807) is 6.20 Å². The highest BCUT2D eigenvalue weighted by molar-refractivity contribution is 5.78. The summed E-state index contributed by atoms with van der Waals surface area (Å²) in [6, 6.07) is -0.480. The number of anilines is 1. The number of nitrogens with zero attached hydrogens (tertiary/aromatic N) is 3. The first-order valence-corrected chi connectivity index (χ1v) is 5.80. The average molecular weight is 235 g/mol. The molecule has 0 spiro atoms. The minimum absolute atomic E-state index is 0.149. The maximum atomic E-state index is 11.3. The Balaban J connectivity index is 2.32. The van der Waals surface area contributed by atoms with Crippen LogP contribution >= 0.6 is 0 Å². The van der Waals surface area contributed by atoms with Crippen molar-refractivity contribution in [3.8, 4) is 0 Å². The van der Waals surface area contributed by atoms with Crippen molar-refractivity contribution < 1.29 is 9.90 Å². The molecule has 0 amide bonds. The lowest BCUT2D eigenvalue weighted by Crippen LogP contribution is -2.39. The van der Waals surface area contributed by atoms with Gasteiger partial charge < -0.3 is 10.0 Å². The Morgan fingerprint density at radius 1 is 1.47 bits per heavy atom. The van der Waals surface area contributed by atoms with E-state index in [-0.39, 0.29) is 5.92 Å². The molecule has 2 atom stereocenters. The number of aryl methyl sites for hydroxylation is 2. The number of rotatable bonds is 2. The molecule has 2 rings (SSSR count). The van der Waals surface area contributed by atoms with Gasteiger partial charge in [0, 0.05) is 6.54 Å². The minimum Gasteiger partial charge on any atom is -0.480 e. The number of carboxylic acids is 1. The Morgan fingerprint density at radius 3 is 2.76 bits per heavy atom. The molecule has 92 valence electrons. The topological polar surface area (TPSA) is 66.3 Å². The van der Waals surface area contributed by atoms with Gasteiger partial charge in [0.25, 0.3) is 0 Å². The molecule has 1 aliphatic rings. The molecule has 5 heteroatoms. The number of hydrogen-bond donors (Lipinski definition) is 1. The lowest BCUT2D eigenvalue weighted by Gasteiger charge is -2.24. The van der Waals surface area contributed by atoms with Crippen molar-refractivity contribution in [1.29, 1.82) is 0 Å². The number of aromatic nitrogens is 2. The van der Waals surface area contributed by atoms with Gasteiger partial charge in [0.2, 0.25) is 0 Å². The van der Waals surface area contributed by atoms with Crippen molar-refractivity contribution >= 4 is 11.8 Å². The van der Waals surface area contributed by atoms with Gasteiger partial charge in [-0.15, -0.1) is 0 Å². The van der Waals surface area contributed by atoms with Crippen LogP contribution < -0.4 is 4.90 Å². The second kappa shape index (κ2) is 4.31. The van der Waals surface area contributed by atoms with Crippen LogP contribution in [0.1, 0.15) is 24.7 Å². The lowest BCUT2D eigenvalue weighted by atomic mass is 10.0. The zero-order chi connectivity index (χ0) is 12.6. The van der Waals surface area contributed by atoms with Gasteiger partial charge in [-0.3, -0.25) is 4.98 Å². The first-order chi connectivity index (χ1) is 8.00. The predicted octanol–water partition coefficient (Wildman–Crippen LogP) is 1.39. The first kappa shape index (κ1) is 11.8. The summed E-state index contributed by atoms with van der Waals surface area (Å²) >= 11 is 0. The molecule has 5 nitrogen and oxygen atoms in total. The molecule has 0 aliphatic carbocycles. The van der Waals surface area contributed by atoms with Gasteiger partial charge in [-0.1, -0.05) is 6.92 Å². The van der Waals surface area contributed by atoms with Crippen LogP contribution in [-0.4, -0.2) is 33.6 Å². The third-order valence-corrected chi connectivity index (χ3v) is 3.43. The Morgan fingerprint density at radius 2 is 2.18 bits per heavy atom. The lowest BCUT2D eigenvalue weighted by molar-refractivity contribution is -0.139. The monoisotopic (exact) mass is 235 g/mol. The molecule has 17 heavy (non-hydrogen) atoms. The molecular weight excluding hydrogens is 218 g/mol. The van der Waals surface area contributed by atoms with E-state index in [1.165, 1.54) is 0 Å². The van der Waals surface area contributed by atoms with Gasteiger partial charge in [0.05, 0.1) is 17.6 Å². The average Bonchev–Trinajstić information content (AvgIpc) is 2.64. The second-order valence-electron chi connectivity index (χ2n) is 4.64. The first-order valence-electron chi connectivity index (χ1n) is 5.80. The second-order valence-corrected chi connectivity index (χ2v) is 4.64. The summed E-state index contributed by atoms with van der Waals surface area (Å²) in [5.41, 5.74) is 1.74. The van der Waals surface area contributed by atoms with Crippen LogP contribution in [-0.2, 0) is 4.79 Å². The van der Waals surface area contributed by atoms with Crippen LogP contribution in [0.15, 0.2) is 6.20 Å². The third kappa shape index (κ3) is 2.09. The smallest absolute Gasteiger partial charge is 0.326 e. The highest BCUT2D eigenvalue weighted by atomic mass is 16.4. The number of hydrogen-bond acceptors (Lipinski definition) is 4. The van der Waals surface area contributed by atoms with Gasteiger partial charge in [0.1, 0.15) is 11.9 Å². The van der Waals surface area contributed by atoms with Gasteiger partial charge in [-0.2, -0.15) is 0 Å². The Labute approximate surface area is 100 Å². The molecule has 1 fully saturated rings. The molecule has 2 heterocycles. The summed E-state index contributed by atoms with van der Waals surface area (Å²) < 4.78 is 0. The molecule has 1 aromatic rings. The molecule has 1 saturated heterocycles. The maximum Gasteiger partial charge on any atom is 0.326 e. The summed E-state index contributed by atoms with van der Waals surface area (Å²) in [4.78, 5) is 21.8. The van der Waals surface area contributed by atoms with E-state index in [4.69, 9.17) is 0 Å². The SMILES string of the molecule is Cc1ncc(N2CCC(C)C2C(=O)O)nc1C. The molecule has 1 aromatic heterocycles. The van der Waals surface area contributed by atoms with Crippen LogP contribution in [0.2, 0.25) is 0 Å². The fraction of sp³-hybridized carbons (Fsp3) is 0.583. The quantitative estimate of drug-likeness (QED) is 0.839. The van der Waals surface area contributed by atoms with Gasteiger partial charge in [-0.05, 0) is 26.2 Å². The summed E-state index contributed by atoms with van der Waals surface area (Å²) in [5.74, 6) is 0.0378. The summed E-state index contributed by atoms with van der Waals surface area (Å²) in [6.07, 6.45) is 2.54. The van der Waals surface area contributed by atoms with Crippen molar-refractivity contribution in [1.82, 2.24) is 9.97 Å². The van der Waals surface area contributed by atoms with Crippen molar-refractivity contribution in [2.45, 2.75) is 33.2 Å². The fourth-order valence-electron chi connectivity index (χ4n) is 2.25. The molecular formula is C12H17N3O2. The molecule has 0 saturated carbocycles. The van der Waals surface area contributed by atoms with Gasteiger partial charge in [-0.25, -0.2) is 9.78 Å². The summed E-state index contributed by atoms with van der Waals surface area (Å²) in [7, 11) is 0. The highest BCUT2D eigenvalue weighted by Gasteiger charge is 2.37. The Bertz CT molecular complexity index is 447. The molecule has 1 N–H and O–H groups in total. The van der Waals surface area contributed by atoms with Crippen molar-refractivity contribution in [3.63, 3.8) is 0 Å². The van der Waals surface area contributed by atoms with Crippen molar-refractivity contribution in [2.75, 3.05) is 11.4 Å². The molecule has 0 aromatic carbocycles. The van der Waals surface area contributed by atoms with Crippen LogP contribution in [0, 0.1) is 19.8 Å². The molecule has 1 aliphatic heterocycles. The maximum absolute atomic E-state index is 11.3. The van der Waals surface area contributed by atoms with E-state index >= 15 is 0 Å². The van der Waals surface area contributed by atoms with Crippen molar-refractivity contribution in [3.05, 3.63) is 17.6 Å². The predicted molar refractivity (Wildman–Crippen MR) is 64.1 cm³/mol. The third-order valence-electron chi connectivity index (χ3n) is 3.43. The Hall–Kier alpha value is -1.65. The largest absolute Gasteiger partial charge is 0.480 e. The zero-order valence-electron chi connectivity index (χ0n) is 10.3. The van der Waals surface area contributed by atoms with Gasteiger partial charge >= 0.3 is 5.97 Å². The molecule has 0 radical (unpaired) electrons. The van der Waals surface area contributed by atoms with Crippen LogP contribution in [0.3, 0.4) is 0 Å². The zero-order valence-corrected chi connectivity index (χ0v) is 10.3. The van der Waals surface area contributed by atoms with E-state index in [0.29, 0.717) is 5.82 Å². The highest BCUT2D eigenvalue weighted by Crippen LogP contribution is 2.28. The van der Waals surface area contributed by atoms with E-state index in [1.807, 2.05) is 25.7 Å². The number of carbonyl (C=O) groups is 1. The molecule has 0 bridgehead atoms. The normalized spacial score (nSPS) is 24.1. The minimum atomic E-state index is -0.782. The van der Waals surface area contributed by atoms with E-state index in [9.17, 15) is 9.90 Å². The summed E-state index contributed by atoms with van der Waals surface area (Å²) in [6.45, 7) is 6.48. The van der Waals surface area contributed by atoms with Crippen molar-refractivity contribution in [2.24, 2.45) is 5.92 Å². The van der Waals surface area contributed by atoms with Crippen LogP contribution in [0.4, 0.5) is 5.82 Å². The standard InChI is InChI=1S/C12H17N3O2/c1-7-4-5-15(11(7)12(16)17)10-6-13-8(2)9(3)14-10/h6-7,11H,4-5H2,1-3H3,(H,16,17). The van der Waals surface area contributed by atoms with Gasteiger partial charge in [0.15, 0.2) is 0 Å². The Kier molecular flexibility index (Phi) is 3.00. The summed E-state index contributed by atoms with van der Waals surface area (Å²) in [5, 5.41) is 9.25. The number of aliphatic carboxylic acids is 1. The molecule has 2 unspecified atom stereocenters. The fourth-order valence-corrected chi connectivity index (χ4v) is 2.25. The van der Waals surface area contributed by atoms with Crippen LogP contribution in [0.25, 0.3) is 0 Å². The van der Waals surface area contributed by atoms with E-state index < -0.39 is 12.0 Å². The van der Waals surface area contributed by atoms with E-state index in [2.05, 4.69) is 9.97 Å².